The van der Waals surface area contributed by atoms with Gasteiger partial charge in [0.15, 0.2) is 5.76 Å². The number of nitrogens with one attached hydrogen (secondary N) is 1. The summed E-state index contributed by atoms with van der Waals surface area (Å²) in [6.07, 6.45) is 1.73. The molecule has 0 radical (unpaired) electrons. The summed E-state index contributed by atoms with van der Waals surface area (Å²) in [4.78, 5) is 8.96. The summed E-state index contributed by atoms with van der Waals surface area (Å²) in [6, 6.07) is 25.2. The lowest BCUT2D eigenvalue weighted by molar-refractivity contribution is 0.441. The molecule has 5 nitrogen and oxygen atoms in total. The first kappa shape index (κ1) is 17.4. The lowest BCUT2D eigenvalue weighted by Crippen LogP contribution is -1.97. The standard InChI is InChI=1S/C23H15ClN4O/c24-17-7-4-8-18(14-17)26-23-25-12-11-20(27-23)16-9-10-21-19(13-16)22(29-28-21)15-5-2-1-3-6-15/h1-14H,(H,25,26,27). The van der Waals surface area contributed by atoms with Gasteiger partial charge < -0.3 is 9.84 Å². The van der Waals surface area contributed by atoms with Crippen LogP contribution in [0.1, 0.15) is 0 Å². The Morgan fingerprint density at radius 2 is 1.72 bits per heavy atom. The molecule has 0 bridgehead atoms. The molecule has 0 aliphatic rings. The number of hydrogen-bond donors (Lipinski definition) is 1. The highest BCUT2D eigenvalue weighted by Crippen LogP contribution is 2.32. The number of fused-ring (bicyclic) bond motifs is 1. The van der Waals surface area contributed by atoms with Crippen molar-refractivity contribution < 1.29 is 4.52 Å². The van der Waals surface area contributed by atoms with Gasteiger partial charge >= 0.3 is 0 Å². The van der Waals surface area contributed by atoms with E-state index in [1.807, 2.05) is 78.9 Å². The van der Waals surface area contributed by atoms with Gasteiger partial charge in [-0.3, -0.25) is 0 Å². The lowest BCUT2D eigenvalue weighted by atomic mass is 10.0. The first-order chi connectivity index (χ1) is 14.3. The van der Waals surface area contributed by atoms with E-state index in [1.165, 1.54) is 0 Å². The van der Waals surface area contributed by atoms with Crippen molar-refractivity contribution in [3.05, 3.63) is 90.1 Å². The number of anilines is 2. The van der Waals surface area contributed by atoms with Gasteiger partial charge in [0.2, 0.25) is 5.95 Å². The van der Waals surface area contributed by atoms with E-state index in [-0.39, 0.29) is 0 Å². The Bertz CT molecular complexity index is 1300. The van der Waals surface area contributed by atoms with Crippen LogP contribution in [-0.4, -0.2) is 15.1 Å². The van der Waals surface area contributed by atoms with E-state index in [0.29, 0.717) is 11.0 Å². The molecule has 0 aliphatic heterocycles. The number of halogens is 1. The van der Waals surface area contributed by atoms with Crippen molar-refractivity contribution in [2.45, 2.75) is 0 Å². The largest absolute Gasteiger partial charge is 0.355 e. The molecule has 0 atom stereocenters. The molecule has 6 heteroatoms. The van der Waals surface area contributed by atoms with Crippen LogP contribution in [0.15, 0.2) is 89.6 Å². The molecule has 0 saturated carbocycles. The van der Waals surface area contributed by atoms with Crippen LogP contribution < -0.4 is 5.32 Å². The van der Waals surface area contributed by atoms with Crippen molar-refractivity contribution in [2.24, 2.45) is 0 Å². The predicted molar refractivity (Wildman–Crippen MR) is 115 cm³/mol. The monoisotopic (exact) mass is 398 g/mol. The Morgan fingerprint density at radius 3 is 2.59 bits per heavy atom. The molecule has 2 aromatic heterocycles. The van der Waals surface area contributed by atoms with Crippen LogP contribution in [-0.2, 0) is 0 Å². The SMILES string of the molecule is Clc1cccc(Nc2nccc(-c3ccc4noc(-c5ccccc5)c4c3)n2)c1. The molecule has 0 spiro atoms. The maximum absolute atomic E-state index is 6.05. The average molecular weight is 399 g/mol. The molecule has 0 fully saturated rings. The van der Waals surface area contributed by atoms with Crippen LogP contribution >= 0.6 is 11.6 Å². The zero-order valence-corrected chi connectivity index (χ0v) is 16.0. The van der Waals surface area contributed by atoms with Crippen molar-refractivity contribution in [1.82, 2.24) is 15.1 Å². The van der Waals surface area contributed by atoms with E-state index in [1.54, 1.807) is 6.20 Å². The fourth-order valence-electron chi connectivity index (χ4n) is 3.17. The Balaban J connectivity index is 1.52. The highest BCUT2D eigenvalue weighted by Gasteiger charge is 2.12. The molecular weight excluding hydrogens is 384 g/mol. The molecule has 0 unspecified atom stereocenters. The number of aromatic nitrogens is 3. The minimum Gasteiger partial charge on any atom is -0.355 e. The highest BCUT2D eigenvalue weighted by atomic mass is 35.5. The van der Waals surface area contributed by atoms with Gasteiger partial charge in [0.1, 0.15) is 5.52 Å². The van der Waals surface area contributed by atoms with Crippen LogP contribution in [0.5, 0.6) is 0 Å². The van der Waals surface area contributed by atoms with E-state index in [0.717, 1.165) is 39.2 Å². The van der Waals surface area contributed by atoms with Crippen LogP contribution in [0.3, 0.4) is 0 Å². The molecule has 5 aromatic rings. The summed E-state index contributed by atoms with van der Waals surface area (Å²) in [5.41, 5.74) is 4.37. The first-order valence-corrected chi connectivity index (χ1v) is 9.45. The van der Waals surface area contributed by atoms with E-state index in [9.17, 15) is 0 Å². The summed E-state index contributed by atoms with van der Waals surface area (Å²) in [6.45, 7) is 0. The summed E-state index contributed by atoms with van der Waals surface area (Å²) in [5, 5.41) is 8.96. The minimum absolute atomic E-state index is 0.499. The molecule has 0 aliphatic carbocycles. The lowest BCUT2D eigenvalue weighted by Gasteiger charge is -2.07. The summed E-state index contributed by atoms with van der Waals surface area (Å²) in [5.74, 6) is 1.24. The molecule has 0 amide bonds. The summed E-state index contributed by atoms with van der Waals surface area (Å²) < 4.78 is 5.60. The molecule has 29 heavy (non-hydrogen) atoms. The molecule has 5 rings (SSSR count). The van der Waals surface area contributed by atoms with E-state index >= 15 is 0 Å². The van der Waals surface area contributed by atoms with Gasteiger partial charge in [-0.25, -0.2) is 9.97 Å². The summed E-state index contributed by atoms with van der Waals surface area (Å²) >= 11 is 6.05. The number of nitrogens with zero attached hydrogens (tertiary/aromatic N) is 3. The van der Waals surface area contributed by atoms with E-state index < -0.39 is 0 Å². The average Bonchev–Trinajstić information content (AvgIpc) is 3.18. The maximum atomic E-state index is 6.05. The van der Waals surface area contributed by atoms with Gasteiger partial charge in [0.25, 0.3) is 0 Å². The van der Waals surface area contributed by atoms with Crippen molar-refractivity contribution >= 4 is 34.1 Å². The van der Waals surface area contributed by atoms with Gasteiger partial charge in [-0.15, -0.1) is 0 Å². The van der Waals surface area contributed by atoms with Crippen LogP contribution in [0.25, 0.3) is 33.5 Å². The quantitative estimate of drug-likeness (QED) is 0.382. The smallest absolute Gasteiger partial charge is 0.227 e. The Kier molecular flexibility index (Phi) is 4.42. The van der Waals surface area contributed by atoms with Crippen molar-refractivity contribution in [2.75, 3.05) is 5.32 Å². The fourth-order valence-corrected chi connectivity index (χ4v) is 3.36. The number of rotatable bonds is 4. The zero-order chi connectivity index (χ0) is 19.6. The third-order valence-electron chi connectivity index (χ3n) is 4.54. The van der Waals surface area contributed by atoms with Crippen molar-refractivity contribution in [1.29, 1.82) is 0 Å². The normalized spacial score (nSPS) is 10.9. The highest BCUT2D eigenvalue weighted by molar-refractivity contribution is 6.30. The first-order valence-electron chi connectivity index (χ1n) is 9.07. The van der Waals surface area contributed by atoms with Crippen LogP contribution in [0.2, 0.25) is 5.02 Å². The second-order valence-electron chi connectivity index (χ2n) is 6.51. The zero-order valence-electron chi connectivity index (χ0n) is 15.2. The second kappa shape index (κ2) is 7.37. The van der Waals surface area contributed by atoms with E-state index in [2.05, 4.69) is 20.4 Å². The third kappa shape index (κ3) is 3.56. The topological polar surface area (TPSA) is 63.8 Å². The predicted octanol–water partition coefficient (Wildman–Crippen LogP) is 6.35. The molecule has 0 saturated heterocycles. The molecular formula is C23H15ClN4O. The van der Waals surface area contributed by atoms with Crippen LogP contribution in [0, 0.1) is 0 Å². The molecule has 1 N–H and O–H groups in total. The van der Waals surface area contributed by atoms with Gasteiger partial charge in [0.05, 0.1) is 11.1 Å². The molecule has 2 heterocycles. The van der Waals surface area contributed by atoms with Crippen molar-refractivity contribution in [3.8, 4) is 22.6 Å². The van der Waals surface area contributed by atoms with Gasteiger partial charge in [-0.1, -0.05) is 59.2 Å². The van der Waals surface area contributed by atoms with Crippen molar-refractivity contribution in [3.63, 3.8) is 0 Å². The second-order valence-corrected chi connectivity index (χ2v) is 6.95. The van der Waals surface area contributed by atoms with Gasteiger partial charge in [-0.05, 0) is 36.4 Å². The Labute approximate surface area is 172 Å². The molecule has 3 aromatic carbocycles. The molecule has 140 valence electrons. The number of hydrogen-bond acceptors (Lipinski definition) is 5. The fraction of sp³-hybridized carbons (Fsp3) is 0. The number of benzene rings is 3. The van der Waals surface area contributed by atoms with Crippen LogP contribution in [0.4, 0.5) is 11.6 Å². The van der Waals surface area contributed by atoms with E-state index in [4.69, 9.17) is 16.1 Å². The Hall–Kier alpha value is -3.70. The minimum atomic E-state index is 0.499. The third-order valence-corrected chi connectivity index (χ3v) is 4.78. The van der Waals surface area contributed by atoms with Gasteiger partial charge in [0, 0.05) is 28.0 Å². The Morgan fingerprint density at radius 1 is 0.828 bits per heavy atom. The van der Waals surface area contributed by atoms with Gasteiger partial charge in [-0.2, -0.15) is 0 Å². The maximum Gasteiger partial charge on any atom is 0.227 e. The summed E-state index contributed by atoms with van der Waals surface area (Å²) in [7, 11) is 0.